The van der Waals surface area contributed by atoms with Gasteiger partial charge in [-0.1, -0.05) is 119 Å². The van der Waals surface area contributed by atoms with Crippen molar-refractivity contribution >= 4 is 123 Å². The molecule has 13 rings (SSSR count). The number of furan rings is 2. The first-order chi connectivity index (χ1) is 28.5. The highest BCUT2D eigenvalue weighted by Crippen LogP contribution is 2.57. The van der Waals surface area contributed by atoms with E-state index in [1.807, 2.05) is 0 Å². The molecule has 2 aliphatic rings. The van der Waals surface area contributed by atoms with E-state index in [4.69, 9.17) is 8.83 Å². The lowest BCUT2D eigenvalue weighted by molar-refractivity contribution is 0.669. The summed E-state index contributed by atoms with van der Waals surface area (Å²) in [4.78, 5) is 5.03. The molecule has 2 aromatic heterocycles. The number of benzene rings is 9. The van der Waals surface area contributed by atoms with Crippen LogP contribution in [-0.2, 0) is 0 Å². The third-order valence-electron chi connectivity index (χ3n) is 12.8. The van der Waals surface area contributed by atoms with E-state index in [2.05, 4.69) is 188 Å². The fourth-order valence-corrected chi connectivity index (χ4v) is 10.6. The summed E-state index contributed by atoms with van der Waals surface area (Å²) < 4.78 is 13.5. The normalized spacial score (nSPS) is 13.3. The number of nitrogens with zero attached hydrogens (tertiary/aromatic N) is 2. The van der Waals surface area contributed by atoms with Crippen molar-refractivity contribution in [3.63, 3.8) is 0 Å². The highest BCUT2D eigenvalue weighted by atomic mass is 16.3. The maximum Gasteiger partial charge on any atom is 0.247 e. The van der Waals surface area contributed by atoms with Gasteiger partial charge in [0.1, 0.15) is 22.3 Å². The molecular formula is C53H35BN2O2. The van der Waals surface area contributed by atoms with Crippen LogP contribution in [-0.4, -0.2) is 6.71 Å². The Morgan fingerprint density at radius 2 is 0.914 bits per heavy atom. The lowest BCUT2D eigenvalue weighted by Gasteiger charge is -2.46. The van der Waals surface area contributed by atoms with E-state index in [9.17, 15) is 0 Å². The molecule has 0 unspecified atom stereocenters. The van der Waals surface area contributed by atoms with Crippen molar-refractivity contribution in [2.75, 3.05) is 9.80 Å². The lowest BCUT2D eigenvalue weighted by Crippen LogP contribution is -2.59. The molecule has 4 nitrogen and oxygen atoms in total. The smallest absolute Gasteiger partial charge is 0.247 e. The predicted molar refractivity (Wildman–Crippen MR) is 244 cm³/mol. The fraction of sp³-hybridized carbons (Fsp3) is 0.0566. The van der Waals surface area contributed by atoms with Crippen LogP contribution in [0.3, 0.4) is 0 Å². The standard InChI is InChI=1S/C53H35BN2O2/c1-30-24-31(2)51(32(3)25-30)54-39-16-10-20-44-52(39)56(53-40(54)22-23-46-50(53)38-27-34-13-5-7-15-36(34)29-48(38)58-46)42-18-9-8-17-41(42)55(44)43-19-11-21-45-49(43)37-26-33-12-4-6-14-35(33)28-47(37)57-45/h4-29H,1-3H3. The Hall–Kier alpha value is -7.24. The molecule has 9 aromatic carbocycles. The van der Waals surface area contributed by atoms with Gasteiger partial charge >= 0.3 is 0 Å². The van der Waals surface area contributed by atoms with E-state index >= 15 is 0 Å². The highest BCUT2D eigenvalue weighted by molar-refractivity contribution is 6.99. The molecule has 0 N–H and O–H groups in total. The Morgan fingerprint density at radius 3 is 1.59 bits per heavy atom. The van der Waals surface area contributed by atoms with Crippen molar-refractivity contribution in [2.24, 2.45) is 0 Å². The minimum atomic E-state index is -0.0133. The number of fused-ring (bicyclic) bond motifs is 13. The molecule has 5 heteroatoms. The molecule has 4 heterocycles. The summed E-state index contributed by atoms with van der Waals surface area (Å²) in [5.41, 5.74) is 18.2. The fourth-order valence-electron chi connectivity index (χ4n) is 10.6. The van der Waals surface area contributed by atoms with Gasteiger partial charge in [0, 0.05) is 10.8 Å². The molecule has 0 atom stereocenters. The van der Waals surface area contributed by atoms with Crippen molar-refractivity contribution in [2.45, 2.75) is 20.8 Å². The Kier molecular flexibility index (Phi) is 6.29. The number of aryl methyl sites for hydroxylation is 3. The number of hydrogen-bond donors (Lipinski definition) is 0. The van der Waals surface area contributed by atoms with E-state index in [0.29, 0.717) is 0 Å². The van der Waals surface area contributed by atoms with Gasteiger partial charge in [0.15, 0.2) is 0 Å². The Bertz CT molecular complexity index is 3570. The second-order valence-electron chi connectivity index (χ2n) is 16.2. The first-order valence-corrected chi connectivity index (χ1v) is 20.1. The van der Waals surface area contributed by atoms with Crippen LogP contribution >= 0.6 is 0 Å². The van der Waals surface area contributed by atoms with Gasteiger partial charge in [0.2, 0.25) is 6.71 Å². The molecule has 58 heavy (non-hydrogen) atoms. The average molecular weight is 743 g/mol. The molecule has 2 aliphatic heterocycles. The van der Waals surface area contributed by atoms with Gasteiger partial charge < -0.3 is 18.6 Å². The zero-order valence-corrected chi connectivity index (χ0v) is 32.3. The summed E-state index contributed by atoms with van der Waals surface area (Å²) in [7, 11) is 0. The molecule has 0 aliphatic carbocycles. The van der Waals surface area contributed by atoms with E-state index < -0.39 is 0 Å². The Balaban J connectivity index is 1.17. The first kappa shape index (κ1) is 31.9. The topological polar surface area (TPSA) is 32.8 Å². The summed E-state index contributed by atoms with van der Waals surface area (Å²) in [5.74, 6) is 0. The average Bonchev–Trinajstić information content (AvgIpc) is 3.79. The third kappa shape index (κ3) is 4.20. The zero-order chi connectivity index (χ0) is 38.4. The minimum Gasteiger partial charge on any atom is -0.456 e. The summed E-state index contributed by atoms with van der Waals surface area (Å²) in [6.45, 7) is 6.75. The van der Waals surface area contributed by atoms with Crippen LogP contribution in [0.25, 0.3) is 65.4 Å². The number of rotatable bonds is 2. The van der Waals surface area contributed by atoms with Crippen molar-refractivity contribution in [3.05, 3.63) is 174 Å². The summed E-state index contributed by atoms with van der Waals surface area (Å²) in [5, 5.41) is 9.23. The monoisotopic (exact) mass is 742 g/mol. The molecule has 0 bridgehead atoms. The Morgan fingerprint density at radius 1 is 0.397 bits per heavy atom. The zero-order valence-electron chi connectivity index (χ0n) is 32.3. The van der Waals surface area contributed by atoms with Crippen LogP contribution in [0.15, 0.2) is 167 Å². The van der Waals surface area contributed by atoms with Crippen molar-refractivity contribution in [3.8, 4) is 0 Å². The summed E-state index contributed by atoms with van der Waals surface area (Å²) >= 11 is 0. The van der Waals surface area contributed by atoms with E-state index in [0.717, 1.165) is 66.6 Å². The highest BCUT2D eigenvalue weighted by Gasteiger charge is 2.44. The molecule has 0 spiro atoms. The SMILES string of the molecule is Cc1cc(C)c(B2c3cccc4c3N(c3ccccc3N4c3cccc4oc5cc6ccccc6cc5c34)c3c2ccc2oc4cc5ccccc5cc4c32)c(C)c1. The van der Waals surface area contributed by atoms with E-state index in [1.165, 1.54) is 66.0 Å². The lowest BCUT2D eigenvalue weighted by atomic mass is 9.33. The number of para-hydroxylation sites is 3. The predicted octanol–water partition coefficient (Wildman–Crippen LogP) is 12.8. The van der Waals surface area contributed by atoms with Crippen LogP contribution < -0.4 is 26.2 Å². The van der Waals surface area contributed by atoms with Crippen molar-refractivity contribution < 1.29 is 8.83 Å². The molecule has 0 saturated carbocycles. The van der Waals surface area contributed by atoms with Gasteiger partial charge in [-0.25, -0.2) is 0 Å². The van der Waals surface area contributed by atoms with E-state index in [-0.39, 0.29) is 6.71 Å². The largest absolute Gasteiger partial charge is 0.456 e. The molecular weight excluding hydrogens is 707 g/mol. The molecule has 11 aromatic rings. The second-order valence-corrected chi connectivity index (χ2v) is 16.2. The minimum absolute atomic E-state index is 0.0133. The number of anilines is 6. The quantitative estimate of drug-likeness (QED) is 0.165. The van der Waals surface area contributed by atoms with Crippen LogP contribution in [0.4, 0.5) is 34.1 Å². The van der Waals surface area contributed by atoms with Crippen LogP contribution in [0.5, 0.6) is 0 Å². The summed E-state index contributed by atoms with van der Waals surface area (Å²) in [6.07, 6.45) is 0. The van der Waals surface area contributed by atoms with Gasteiger partial charge in [-0.2, -0.15) is 0 Å². The van der Waals surface area contributed by atoms with E-state index in [1.54, 1.807) is 0 Å². The van der Waals surface area contributed by atoms with Crippen LogP contribution in [0.2, 0.25) is 0 Å². The second kappa shape index (κ2) is 11.4. The van der Waals surface area contributed by atoms with Gasteiger partial charge in [-0.3, -0.25) is 0 Å². The van der Waals surface area contributed by atoms with Gasteiger partial charge in [0.05, 0.1) is 44.9 Å². The van der Waals surface area contributed by atoms with Gasteiger partial charge in [-0.15, -0.1) is 0 Å². The van der Waals surface area contributed by atoms with Crippen LogP contribution in [0.1, 0.15) is 16.7 Å². The first-order valence-electron chi connectivity index (χ1n) is 20.1. The molecule has 0 radical (unpaired) electrons. The Labute approximate surface area is 335 Å². The maximum atomic E-state index is 6.80. The van der Waals surface area contributed by atoms with Crippen molar-refractivity contribution in [1.82, 2.24) is 0 Å². The van der Waals surface area contributed by atoms with Gasteiger partial charge in [0.25, 0.3) is 0 Å². The van der Waals surface area contributed by atoms with Crippen LogP contribution in [0, 0.1) is 20.8 Å². The molecule has 272 valence electrons. The number of hydrogen-bond acceptors (Lipinski definition) is 4. The molecule has 0 saturated heterocycles. The van der Waals surface area contributed by atoms with Crippen molar-refractivity contribution in [1.29, 1.82) is 0 Å². The molecule has 0 fully saturated rings. The van der Waals surface area contributed by atoms with Gasteiger partial charge in [-0.05, 0) is 114 Å². The third-order valence-corrected chi connectivity index (χ3v) is 12.8. The summed E-state index contributed by atoms with van der Waals surface area (Å²) in [6, 6.07) is 57.6. The molecule has 0 amide bonds. The maximum absolute atomic E-state index is 6.80.